The minimum atomic E-state index is 0.0488. The second kappa shape index (κ2) is 9.59. The molecule has 6 heteroatoms. The van der Waals surface area contributed by atoms with Gasteiger partial charge in [-0.3, -0.25) is 4.99 Å². The highest BCUT2D eigenvalue weighted by Crippen LogP contribution is 2.39. The Balaban J connectivity index is 1.35. The molecule has 2 saturated carbocycles. The molecule has 0 spiro atoms. The van der Waals surface area contributed by atoms with Gasteiger partial charge in [-0.1, -0.05) is 56.7 Å². The van der Waals surface area contributed by atoms with Crippen LogP contribution in [-0.2, 0) is 0 Å². The third kappa shape index (κ3) is 5.69. The topological polar surface area (TPSA) is 39.7 Å². The molecule has 0 saturated heterocycles. The molecule has 2 aliphatic carbocycles. The first kappa shape index (κ1) is 21.5. The zero-order chi connectivity index (χ0) is 20.3. The summed E-state index contributed by atoms with van der Waals surface area (Å²) in [7, 11) is 0. The van der Waals surface area contributed by atoms with E-state index in [1.807, 2.05) is 11.8 Å². The fourth-order valence-electron chi connectivity index (χ4n) is 5.37. The maximum absolute atomic E-state index is 5.77. The van der Waals surface area contributed by atoms with Gasteiger partial charge in [0, 0.05) is 24.3 Å². The van der Waals surface area contributed by atoms with Gasteiger partial charge in [-0.2, -0.15) is 0 Å². The van der Waals surface area contributed by atoms with E-state index in [4.69, 9.17) is 17.2 Å². The maximum atomic E-state index is 5.77. The number of allylic oxidation sites excluding steroid dienone is 1. The Morgan fingerprint density at radius 2 is 1.76 bits per heavy atom. The number of thioether (sulfide) groups is 1. The van der Waals surface area contributed by atoms with Crippen molar-refractivity contribution in [3.8, 4) is 0 Å². The molecule has 4 aliphatic rings. The fourth-order valence-corrected chi connectivity index (χ4v) is 6.76. The van der Waals surface area contributed by atoms with E-state index in [0.29, 0.717) is 18.0 Å². The van der Waals surface area contributed by atoms with Crippen LogP contribution in [0, 0.1) is 5.92 Å². The van der Waals surface area contributed by atoms with Crippen molar-refractivity contribution in [1.29, 1.82) is 0 Å². The Bertz CT molecular complexity index is 649. The van der Waals surface area contributed by atoms with E-state index in [0.717, 1.165) is 18.1 Å². The van der Waals surface area contributed by atoms with E-state index in [9.17, 15) is 0 Å². The molecule has 2 N–H and O–H groups in total. The van der Waals surface area contributed by atoms with Crippen LogP contribution in [0.5, 0.6) is 0 Å². The summed E-state index contributed by atoms with van der Waals surface area (Å²) in [6.07, 6.45) is 15.7. The molecule has 2 heterocycles. The molecule has 0 aromatic rings. The van der Waals surface area contributed by atoms with Crippen molar-refractivity contribution >= 4 is 34.3 Å². The van der Waals surface area contributed by atoms with E-state index < -0.39 is 0 Å². The number of nitrogens with one attached hydrogen (secondary N) is 2. The van der Waals surface area contributed by atoms with Crippen molar-refractivity contribution in [2.75, 3.05) is 6.54 Å². The van der Waals surface area contributed by atoms with Crippen LogP contribution >= 0.6 is 24.0 Å². The Morgan fingerprint density at radius 3 is 2.55 bits per heavy atom. The van der Waals surface area contributed by atoms with Crippen LogP contribution in [0.3, 0.4) is 0 Å². The van der Waals surface area contributed by atoms with Crippen LogP contribution in [0.4, 0.5) is 0 Å². The molecule has 29 heavy (non-hydrogen) atoms. The van der Waals surface area contributed by atoms with Crippen molar-refractivity contribution in [3.05, 3.63) is 11.1 Å². The third-order valence-corrected chi connectivity index (χ3v) is 8.11. The average Bonchev–Trinajstić information content (AvgIpc) is 2.95. The molecule has 2 atom stereocenters. The third-order valence-electron chi connectivity index (χ3n) is 6.96. The lowest BCUT2D eigenvalue weighted by molar-refractivity contribution is 0.334. The quantitative estimate of drug-likeness (QED) is 0.448. The zero-order valence-corrected chi connectivity index (χ0v) is 19.8. The van der Waals surface area contributed by atoms with Gasteiger partial charge in [-0.05, 0) is 69.5 Å². The minimum absolute atomic E-state index is 0.0488. The summed E-state index contributed by atoms with van der Waals surface area (Å²) in [5.41, 5.74) is 1.52. The van der Waals surface area contributed by atoms with Gasteiger partial charge in [0.15, 0.2) is 10.3 Å². The van der Waals surface area contributed by atoms with Gasteiger partial charge in [0.2, 0.25) is 0 Å². The summed E-state index contributed by atoms with van der Waals surface area (Å²) in [4.78, 5) is 7.36. The SMILES string of the molecule is CC1(C)CN2C(CC3CCCCCC3NC(=S)NC3CCCCCC3)=CSC2=N1. The number of thiocarbonyl (C=S) groups is 1. The zero-order valence-electron chi connectivity index (χ0n) is 18.2. The first-order valence-electron chi connectivity index (χ1n) is 11.8. The number of amidine groups is 1. The summed E-state index contributed by atoms with van der Waals surface area (Å²) in [6, 6.07) is 1.06. The number of hydrogen-bond acceptors (Lipinski definition) is 4. The number of rotatable bonds is 4. The van der Waals surface area contributed by atoms with Crippen LogP contribution in [0.15, 0.2) is 16.1 Å². The number of fused-ring (bicyclic) bond motifs is 1. The lowest BCUT2D eigenvalue weighted by Gasteiger charge is -2.31. The number of aliphatic imine (C=N–C) groups is 1. The predicted molar refractivity (Wildman–Crippen MR) is 129 cm³/mol. The molecule has 2 unspecified atom stereocenters. The lowest BCUT2D eigenvalue weighted by Crippen LogP contribution is -2.48. The molecule has 4 nitrogen and oxygen atoms in total. The van der Waals surface area contributed by atoms with Gasteiger partial charge >= 0.3 is 0 Å². The molecule has 0 bridgehead atoms. The predicted octanol–water partition coefficient (Wildman–Crippen LogP) is 5.55. The standard InChI is InChI=1S/C23H38N4S2/c1-23(2)16-27-19(15-29-22(27)26-23)14-17-10-6-5-9-13-20(17)25-21(28)24-18-11-7-3-4-8-12-18/h15,17-18,20H,3-14,16H2,1-2H3,(H2,24,25,28). The summed E-state index contributed by atoms with van der Waals surface area (Å²) in [6.45, 7) is 5.50. The Kier molecular flexibility index (Phi) is 7.10. The van der Waals surface area contributed by atoms with Gasteiger partial charge < -0.3 is 15.5 Å². The highest BCUT2D eigenvalue weighted by Gasteiger charge is 2.37. The molecule has 2 fully saturated rings. The van der Waals surface area contributed by atoms with Crippen LogP contribution in [0.1, 0.15) is 90.9 Å². The molecule has 2 aliphatic heterocycles. The highest BCUT2D eigenvalue weighted by atomic mass is 32.2. The van der Waals surface area contributed by atoms with Crippen LogP contribution in [0.2, 0.25) is 0 Å². The molecule has 0 aromatic carbocycles. The number of nitrogens with zero attached hydrogens (tertiary/aromatic N) is 2. The summed E-state index contributed by atoms with van der Waals surface area (Å²) in [5, 5.41) is 11.9. The van der Waals surface area contributed by atoms with E-state index in [1.165, 1.54) is 81.5 Å². The van der Waals surface area contributed by atoms with E-state index in [1.54, 1.807) is 0 Å². The van der Waals surface area contributed by atoms with Crippen molar-refractivity contribution in [3.63, 3.8) is 0 Å². The smallest absolute Gasteiger partial charge is 0.168 e. The second-order valence-corrected chi connectivity index (χ2v) is 11.3. The van der Waals surface area contributed by atoms with Crippen molar-refractivity contribution in [2.45, 2.75) is 109 Å². The second-order valence-electron chi connectivity index (χ2n) is 10.0. The van der Waals surface area contributed by atoms with Gasteiger partial charge in [0.05, 0.1) is 5.54 Å². The Morgan fingerprint density at radius 1 is 1.07 bits per heavy atom. The normalized spacial score (nSPS) is 30.1. The molecule has 0 aromatic heterocycles. The summed E-state index contributed by atoms with van der Waals surface area (Å²) >= 11 is 7.59. The summed E-state index contributed by atoms with van der Waals surface area (Å²) in [5.74, 6) is 0.654. The number of hydrogen-bond donors (Lipinski definition) is 2. The van der Waals surface area contributed by atoms with Crippen LogP contribution < -0.4 is 10.6 Å². The van der Waals surface area contributed by atoms with E-state index >= 15 is 0 Å². The monoisotopic (exact) mass is 434 g/mol. The van der Waals surface area contributed by atoms with Crippen molar-refractivity contribution < 1.29 is 0 Å². The van der Waals surface area contributed by atoms with Gasteiger partial charge in [-0.15, -0.1) is 0 Å². The Hall–Kier alpha value is -0.750. The van der Waals surface area contributed by atoms with E-state index in [2.05, 4.69) is 34.8 Å². The minimum Gasteiger partial charge on any atom is -0.360 e. The van der Waals surface area contributed by atoms with Gasteiger partial charge in [-0.25, -0.2) is 0 Å². The molecular weight excluding hydrogens is 396 g/mol. The first-order chi connectivity index (χ1) is 14.0. The van der Waals surface area contributed by atoms with Gasteiger partial charge in [0.25, 0.3) is 0 Å². The average molecular weight is 435 g/mol. The largest absolute Gasteiger partial charge is 0.360 e. The lowest BCUT2D eigenvalue weighted by atomic mass is 9.90. The van der Waals surface area contributed by atoms with Crippen LogP contribution in [0.25, 0.3) is 0 Å². The van der Waals surface area contributed by atoms with Crippen LogP contribution in [-0.4, -0.2) is 39.3 Å². The Labute approximate surface area is 186 Å². The molecule has 0 radical (unpaired) electrons. The summed E-state index contributed by atoms with van der Waals surface area (Å²) < 4.78 is 0. The van der Waals surface area contributed by atoms with Crippen molar-refractivity contribution in [2.24, 2.45) is 10.9 Å². The molecular formula is C23H38N4S2. The molecule has 0 amide bonds. The van der Waals surface area contributed by atoms with E-state index in [-0.39, 0.29) is 5.54 Å². The fraction of sp³-hybridized carbons (Fsp3) is 0.826. The molecule has 162 valence electrons. The van der Waals surface area contributed by atoms with Gasteiger partial charge in [0.1, 0.15) is 0 Å². The first-order valence-corrected chi connectivity index (χ1v) is 13.1. The molecule has 4 rings (SSSR count). The van der Waals surface area contributed by atoms with Crippen molar-refractivity contribution in [1.82, 2.24) is 15.5 Å². The highest BCUT2D eigenvalue weighted by molar-refractivity contribution is 8.16. The maximum Gasteiger partial charge on any atom is 0.168 e.